The summed E-state index contributed by atoms with van der Waals surface area (Å²) in [4.78, 5) is 8.62. The van der Waals surface area contributed by atoms with E-state index >= 15 is 0 Å². The van der Waals surface area contributed by atoms with Crippen LogP contribution in [-0.2, 0) is 6.18 Å². The Morgan fingerprint density at radius 2 is 1.93 bits per heavy atom. The second kappa shape index (κ2) is 7.64. The van der Waals surface area contributed by atoms with Crippen LogP contribution in [0.4, 0.5) is 13.2 Å². The zero-order valence-corrected chi connectivity index (χ0v) is 16.0. The molecule has 0 bridgehead atoms. The summed E-state index contributed by atoms with van der Waals surface area (Å²) in [6, 6.07) is 8.71. The number of nitriles is 1. The molecule has 0 aliphatic heterocycles. The van der Waals surface area contributed by atoms with Crippen LogP contribution in [0.25, 0.3) is 11.4 Å². The summed E-state index contributed by atoms with van der Waals surface area (Å²) in [5.74, 6) is 0.310. The predicted octanol–water partition coefficient (Wildman–Crippen LogP) is 5.49. The second-order valence-electron chi connectivity index (χ2n) is 6.17. The van der Waals surface area contributed by atoms with Crippen LogP contribution < -0.4 is 0 Å². The topological polar surface area (TPSA) is 75.6 Å². The van der Waals surface area contributed by atoms with E-state index in [1.165, 1.54) is 23.9 Å². The minimum absolute atomic E-state index is 0.0717. The number of alkyl halides is 3. The normalized spacial score (nSPS) is 12.6. The Morgan fingerprint density at radius 1 is 1.18 bits per heavy atom. The molecular formula is C19H15F3N4OS. The number of rotatable bonds is 4. The van der Waals surface area contributed by atoms with Crippen LogP contribution in [0.1, 0.15) is 40.4 Å². The molecule has 0 fully saturated rings. The summed E-state index contributed by atoms with van der Waals surface area (Å²) < 4.78 is 43.9. The van der Waals surface area contributed by atoms with E-state index in [2.05, 4.69) is 21.2 Å². The smallest absolute Gasteiger partial charge is 0.338 e. The molecule has 144 valence electrons. The highest BCUT2D eigenvalue weighted by Gasteiger charge is 2.31. The summed E-state index contributed by atoms with van der Waals surface area (Å²) in [7, 11) is 0. The first-order valence-corrected chi connectivity index (χ1v) is 9.13. The summed E-state index contributed by atoms with van der Waals surface area (Å²) in [5, 5.41) is 13.4. The van der Waals surface area contributed by atoms with Crippen LogP contribution >= 0.6 is 11.8 Å². The zero-order chi connectivity index (χ0) is 20.5. The number of aromatic nitrogens is 3. The number of halogens is 3. The molecule has 0 radical (unpaired) electrons. The maximum absolute atomic E-state index is 12.9. The molecule has 1 aromatic carbocycles. The fraction of sp³-hybridized carbons (Fsp3) is 0.263. The quantitative estimate of drug-likeness (QED) is 0.535. The molecule has 0 amide bonds. The van der Waals surface area contributed by atoms with Gasteiger partial charge in [0.05, 0.1) is 16.4 Å². The van der Waals surface area contributed by atoms with Gasteiger partial charge in [0, 0.05) is 11.3 Å². The Hall–Kier alpha value is -2.86. The Morgan fingerprint density at radius 3 is 2.61 bits per heavy atom. The maximum atomic E-state index is 12.9. The third-order valence-corrected chi connectivity index (χ3v) is 5.02. The molecule has 2 aromatic heterocycles. The molecule has 0 N–H and O–H groups in total. The Labute approximate surface area is 163 Å². The fourth-order valence-corrected chi connectivity index (χ4v) is 3.65. The summed E-state index contributed by atoms with van der Waals surface area (Å²) in [5.41, 5.74) is 1.50. The molecule has 5 nitrogen and oxygen atoms in total. The molecule has 0 spiro atoms. The van der Waals surface area contributed by atoms with Gasteiger partial charge in [0.15, 0.2) is 0 Å². The highest BCUT2D eigenvalue weighted by Crippen LogP contribution is 2.37. The Bertz CT molecular complexity index is 1060. The van der Waals surface area contributed by atoms with Crippen molar-refractivity contribution in [1.29, 1.82) is 5.26 Å². The second-order valence-corrected chi connectivity index (χ2v) is 7.50. The van der Waals surface area contributed by atoms with E-state index < -0.39 is 11.7 Å². The highest BCUT2D eigenvalue weighted by molar-refractivity contribution is 7.99. The molecule has 0 saturated heterocycles. The van der Waals surface area contributed by atoms with Crippen molar-refractivity contribution in [2.45, 2.75) is 37.2 Å². The molecule has 1 atom stereocenters. The summed E-state index contributed by atoms with van der Waals surface area (Å²) in [6.45, 7) is 5.47. The number of hydrogen-bond donors (Lipinski definition) is 0. The summed E-state index contributed by atoms with van der Waals surface area (Å²) in [6.07, 6.45) is -4.45. The van der Waals surface area contributed by atoms with Crippen molar-refractivity contribution in [3.8, 4) is 17.5 Å². The number of hydrogen-bond acceptors (Lipinski definition) is 6. The van der Waals surface area contributed by atoms with Crippen molar-refractivity contribution in [3.05, 3.63) is 58.6 Å². The number of pyridine rings is 1. The van der Waals surface area contributed by atoms with Gasteiger partial charge in [-0.1, -0.05) is 29.1 Å². The average molecular weight is 404 g/mol. The lowest BCUT2D eigenvalue weighted by atomic mass is 10.1. The minimum Gasteiger partial charge on any atom is -0.338 e. The van der Waals surface area contributed by atoms with Gasteiger partial charge in [-0.15, -0.1) is 0 Å². The van der Waals surface area contributed by atoms with Gasteiger partial charge in [0.1, 0.15) is 11.1 Å². The fourth-order valence-electron chi connectivity index (χ4n) is 2.59. The van der Waals surface area contributed by atoms with Crippen LogP contribution in [0, 0.1) is 25.2 Å². The SMILES string of the molecule is Cc1cc(C)c(C#N)c(SC(C)c2nc(-c3cccc(C(F)(F)F)c3)no2)n1. The van der Waals surface area contributed by atoms with Gasteiger partial charge < -0.3 is 4.52 Å². The Balaban J connectivity index is 1.86. The van der Waals surface area contributed by atoms with Crippen molar-refractivity contribution in [3.63, 3.8) is 0 Å². The Kier molecular flexibility index (Phi) is 5.42. The first-order chi connectivity index (χ1) is 13.2. The highest BCUT2D eigenvalue weighted by atomic mass is 32.2. The average Bonchev–Trinajstić information content (AvgIpc) is 3.11. The van der Waals surface area contributed by atoms with Crippen LogP contribution in [0.3, 0.4) is 0 Å². The van der Waals surface area contributed by atoms with E-state index in [1.807, 2.05) is 19.9 Å². The molecule has 9 heteroatoms. The van der Waals surface area contributed by atoms with Crippen molar-refractivity contribution in [1.82, 2.24) is 15.1 Å². The van der Waals surface area contributed by atoms with E-state index in [1.54, 1.807) is 6.92 Å². The standard InChI is InChI=1S/C19H15F3N4OS/c1-10-7-11(2)24-18(15(10)9-23)28-12(3)17-25-16(26-27-17)13-5-4-6-14(8-13)19(20,21)22/h4-8,12H,1-3H3. The molecule has 0 saturated carbocycles. The number of benzene rings is 1. The van der Waals surface area contributed by atoms with Crippen LogP contribution in [0.15, 0.2) is 39.9 Å². The van der Waals surface area contributed by atoms with Gasteiger partial charge in [0.2, 0.25) is 11.7 Å². The number of aryl methyl sites for hydroxylation is 2. The minimum atomic E-state index is -4.45. The van der Waals surface area contributed by atoms with Gasteiger partial charge in [-0.25, -0.2) is 4.98 Å². The first kappa shape index (κ1) is 19.9. The van der Waals surface area contributed by atoms with Crippen molar-refractivity contribution in [2.75, 3.05) is 0 Å². The van der Waals surface area contributed by atoms with Crippen LogP contribution in [0.2, 0.25) is 0 Å². The van der Waals surface area contributed by atoms with Gasteiger partial charge in [-0.3, -0.25) is 0 Å². The third-order valence-electron chi connectivity index (χ3n) is 3.95. The zero-order valence-electron chi connectivity index (χ0n) is 15.2. The molecule has 3 rings (SSSR count). The number of nitrogens with zero attached hydrogens (tertiary/aromatic N) is 4. The van der Waals surface area contributed by atoms with E-state index in [9.17, 15) is 18.4 Å². The molecular weight excluding hydrogens is 389 g/mol. The first-order valence-electron chi connectivity index (χ1n) is 8.25. The molecule has 0 aliphatic carbocycles. The lowest BCUT2D eigenvalue weighted by Gasteiger charge is -2.10. The predicted molar refractivity (Wildman–Crippen MR) is 97.4 cm³/mol. The van der Waals surface area contributed by atoms with Crippen LogP contribution in [0.5, 0.6) is 0 Å². The molecule has 3 aromatic rings. The molecule has 2 heterocycles. The van der Waals surface area contributed by atoms with Crippen LogP contribution in [-0.4, -0.2) is 15.1 Å². The van der Waals surface area contributed by atoms with Crippen molar-refractivity contribution in [2.24, 2.45) is 0 Å². The summed E-state index contributed by atoms with van der Waals surface area (Å²) >= 11 is 1.28. The van der Waals surface area contributed by atoms with E-state index in [4.69, 9.17) is 4.52 Å². The van der Waals surface area contributed by atoms with Crippen molar-refractivity contribution >= 4 is 11.8 Å². The number of thioether (sulfide) groups is 1. The molecule has 28 heavy (non-hydrogen) atoms. The lowest BCUT2D eigenvalue weighted by molar-refractivity contribution is -0.137. The van der Waals surface area contributed by atoms with E-state index in [0.29, 0.717) is 10.6 Å². The van der Waals surface area contributed by atoms with Gasteiger partial charge in [-0.2, -0.15) is 23.4 Å². The largest absolute Gasteiger partial charge is 0.416 e. The molecule has 0 aliphatic rings. The molecule has 1 unspecified atom stereocenters. The monoisotopic (exact) mass is 404 g/mol. The van der Waals surface area contributed by atoms with Gasteiger partial charge >= 0.3 is 6.18 Å². The van der Waals surface area contributed by atoms with E-state index in [-0.39, 0.29) is 22.5 Å². The maximum Gasteiger partial charge on any atom is 0.416 e. The third kappa shape index (κ3) is 4.17. The van der Waals surface area contributed by atoms with Gasteiger partial charge in [-0.05, 0) is 44.5 Å². The van der Waals surface area contributed by atoms with Gasteiger partial charge in [0.25, 0.3) is 0 Å². The van der Waals surface area contributed by atoms with Crippen molar-refractivity contribution < 1.29 is 17.7 Å². The lowest BCUT2D eigenvalue weighted by Crippen LogP contribution is -2.04. The van der Waals surface area contributed by atoms with E-state index in [0.717, 1.165) is 23.4 Å².